The van der Waals surface area contributed by atoms with Crippen molar-refractivity contribution in [3.8, 4) is 5.75 Å². The zero-order valence-electron chi connectivity index (χ0n) is 15.8. The van der Waals surface area contributed by atoms with Crippen molar-refractivity contribution in [2.45, 2.75) is 18.4 Å². The maximum Gasteiger partial charge on any atom is 0.187 e. The van der Waals surface area contributed by atoms with Gasteiger partial charge in [0.15, 0.2) is 5.78 Å². The second kappa shape index (κ2) is 7.33. The smallest absolute Gasteiger partial charge is 0.187 e. The van der Waals surface area contributed by atoms with Gasteiger partial charge in [0.05, 0.1) is 22.1 Å². The molecule has 1 N–H and O–H groups in total. The molecule has 0 aliphatic carbocycles. The van der Waals surface area contributed by atoms with E-state index in [9.17, 15) is 9.90 Å². The van der Waals surface area contributed by atoms with E-state index in [0.717, 1.165) is 10.9 Å². The van der Waals surface area contributed by atoms with Gasteiger partial charge in [0.1, 0.15) is 5.75 Å². The summed E-state index contributed by atoms with van der Waals surface area (Å²) in [6.45, 7) is 7.61. The summed E-state index contributed by atoms with van der Waals surface area (Å²) in [5.41, 5.74) is 0.964. The first-order valence-electron chi connectivity index (χ1n) is 8.90. The summed E-state index contributed by atoms with van der Waals surface area (Å²) in [6.07, 6.45) is 4.37. The molecule has 2 aromatic carbocycles. The molecule has 0 saturated carbocycles. The number of phenolic OH excluding ortho intramolecular Hbond substituents is 1. The lowest BCUT2D eigenvalue weighted by Gasteiger charge is -2.37. The predicted octanol–water partition coefficient (Wildman–Crippen LogP) is 4.73. The Balaban J connectivity index is 2.21. The van der Waals surface area contributed by atoms with Crippen LogP contribution in [0.2, 0.25) is 0 Å². The number of nitrogens with zero attached hydrogens (tertiary/aromatic N) is 2. The Hall–Kier alpha value is -2.98. The number of rotatable bonds is 7. The highest BCUT2D eigenvalue weighted by Crippen LogP contribution is 2.35. The van der Waals surface area contributed by atoms with Crippen molar-refractivity contribution in [3.63, 3.8) is 0 Å². The molecule has 0 aliphatic rings. The van der Waals surface area contributed by atoms with Crippen LogP contribution in [0.25, 0.3) is 21.8 Å². The van der Waals surface area contributed by atoms with Gasteiger partial charge in [0.2, 0.25) is 0 Å². The number of pyridine rings is 1. The number of aromatic nitrogens is 1. The Bertz CT molecular complexity index is 1030. The number of phenols is 1. The molecular weight excluding hydrogens is 336 g/mol. The van der Waals surface area contributed by atoms with E-state index in [2.05, 4.69) is 18.1 Å². The fourth-order valence-corrected chi connectivity index (χ4v) is 3.58. The van der Waals surface area contributed by atoms with Gasteiger partial charge in [0, 0.05) is 10.8 Å². The Morgan fingerprint density at radius 2 is 1.78 bits per heavy atom. The predicted molar refractivity (Wildman–Crippen MR) is 111 cm³/mol. The molecule has 3 rings (SSSR count). The summed E-state index contributed by atoms with van der Waals surface area (Å²) in [4.78, 5) is 20.0. The molecule has 0 fully saturated rings. The number of Topliss-reactive ketones (excluding diaryl/α,β-unsaturated/α-hetero) is 1. The van der Waals surface area contributed by atoms with Gasteiger partial charge in [-0.1, -0.05) is 30.4 Å². The first kappa shape index (κ1) is 18.8. The minimum atomic E-state index is -0.834. The molecule has 0 unspecified atom stereocenters. The van der Waals surface area contributed by atoms with Crippen LogP contribution in [0.15, 0.2) is 67.8 Å². The van der Waals surface area contributed by atoms with Crippen molar-refractivity contribution >= 4 is 27.6 Å². The SMILES string of the molecule is C=CCC(CC=C)(C(=O)c1ccc2nc3ccccc3cc2c1O)N(C)C. The average molecular weight is 360 g/mol. The Morgan fingerprint density at radius 1 is 1.11 bits per heavy atom. The molecule has 0 bridgehead atoms. The van der Waals surface area contributed by atoms with Gasteiger partial charge >= 0.3 is 0 Å². The molecule has 4 nitrogen and oxygen atoms in total. The van der Waals surface area contributed by atoms with Crippen LogP contribution in [0.4, 0.5) is 0 Å². The fraction of sp³-hybridized carbons (Fsp3) is 0.217. The molecule has 0 atom stereocenters. The van der Waals surface area contributed by atoms with Crippen LogP contribution in [0.5, 0.6) is 5.75 Å². The van der Waals surface area contributed by atoms with E-state index in [4.69, 9.17) is 0 Å². The zero-order valence-corrected chi connectivity index (χ0v) is 15.8. The average Bonchev–Trinajstić information content (AvgIpc) is 2.66. The number of hydrogen-bond acceptors (Lipinski definition) is 4. The standard InChI is InChI=1S/C23H24N2O2/c1-5-13-23(14-6-2,25(3)4)22(27)17-11-12-20-18(21(17)26)15-16-9-7-8-10-19(16)24-20/h5-12,15,26H,1-2,13-14H2,3-4H3. The van der Waals surface area contributed by atoms with Gasteiger partial charge in [-0.2, -0.15) is 0 Å². The maximum atomic E-state index is 13.5. The number of ketones is 1. The zero-order chi connectivity index (χ0) is 19.6. The first-order chi connectivity index (χ1) is 12.9. The monoisotopic (exact) mass is 360 g/mol. The molecule has 0 spiro atoms. The fourth-order valence-electron chi connectivity index (χ4n) is 3.58. The van der Waals surface area contributed by atoms with Gasteiger partial charge < -0.3 is 5.11 Å². The summed E-state index contributed by atoms with van der Waals surface area (Å²) in [5.74, 6) is -0.185. The lowest BCUT2D eigenvalue weighted by atomic mass is 9.81. The van der Waals surface area contributed by atoms with Crippen LogP contribution in [0.1, 0.15) is 23.2 Å². The molecule has 1 aromatic heterocycles. The largest absolute Gasteiger partial charge is 0.506 e. The topological polar surface area (TPSA) is 53.4 Å². The summed E-state index contributed by atoms with van der Waals surface area (Å²) in [6, 6.07) is 13.0. The molecule has 138 valence electrons. The number of para-hydroxylation sites is 1. The summed E-state index contributed by atoms with van der Waals surface area (Å²) in [5, 5.41) is 12.4. The second-order valence-electron chi connectivity index (χ2n) is 6.95. The number of likely N-dealkylation sites (N-methyl/N-ethyl adjacent to an activating group) is 1. The Morgan fingerprint density at radius 3 is 2.41 bits per heavy atom. The van der Waals surface area contributed by atoms with E-state index < -0.39 is 5.54 Å². The highest BCUT2D eigenvalue weighted by molar-refractivity contribution is 6.10. The van der Waals surface area contributed by atoms with Crippen molar-refractivity contribution in [2.24, 2.45) is 0 Å². The third-order valence-electron chi connectivity index (χ3n) is 5.16. The number of carbonyl (C=O) groups is 1. The molecule has 0 aliphatic heterocycles. The highest BCUT2D eigenvalue weighted by Gasteiger charge is 2.40. The highest BCUT2D eigenvalue weighted by atomic mass is 16.3. The quantitative estimate of drug-likeness (QED) is 0.376. The number of hydrogen-bond donors (Lipinski definition) is 1. The number of fused-ring (bicyclic) bond motifs is 2. The number of benzene rings is 2. The third-order valence-corrected chi connectivity index (χ3v) is 5.16. The number of aromatic hydroxyl groups is 1. The molecule has 4 heteroatoms. The maximum absolute atomic E-state index is 13.5. The van der Waals surface area contributed by atoms with Crippen LogP contribution in [0.3, 0.4) is 0 Å². The summed E-state index contributed by atoms with van der Waals surface area (Å²) >= 11 is 0. The molecule has 3 aromatic rings. The molecule has 0 amide bonds. The van der Waals surface area contributed by atoms with E-state index in [1.165, 1.54) is 0 Å². The van der Waals surface area contributed by atoms with Crippen molar-refractivity contribution in [1.82, 2.24) is 9.88 Å². The van der Waals surface area contributed by atoms with Crippen LogP contribution in [-0.2, 0) is 0 Å². The summed E-state index contributed by atoms with van der Waals surface area (Å²) < 4.78 is 0. The van der Waals surface area contributed by atoms with E-state index >= 15 is 0 Å². The molecule has 1 heterocycles. The van der Waals surface area contributed by atoms with Gasteiger partial charge in [-0.15, -0.1) is 13.2 Å². The summed E-state index contributed by atoms with van der Waals surface area (Å²) in [7, 11) is 3.72. The van der Waals surface area contributed by atoms with E-state index in [1.54, 1.807) is 24.3 Å². The van der Waals surface area contributed by atoms with E-state index in [1.807, 2.05) is 49.3 Å². The molecule has 0 radical (unpaired) electrons. The first-order valence-corrected chi connectivity index (χ1v) is 8.90. The molecule has 0 saturated heterocycles. The van der Waals surface area contributed by atoms with Gasteiger partial charge in [-0.3, -0.25) is 9.69 Å². The van der Waals surface area contributed by atoms with Crippen molar-refractivity contribution in [3.05, 3.63) is 73.3 Å². The minimum absolute atomic E-state index is 0.0323. The van der Waals surface area contributed by atoms with Gasteiger partial charge in [-0.05, 0) is 51.2 Å². The third kappa shape index (κ3) is 3.13. The number of carbonyl (C=O) groups excluding carboxylic acids is 1. The lowest BCUT2D eigenvalue weighted by molar-refractivity contribution is 0.0687. The van der Waals surface area contributed by atoms with Gasteiger partial charge in [-0.25, -0.2) is 4.98 Å². The Kier molecular flexibility index (Phi) is 5.10. The van der Waals surface area contributed by atoms with Crippen LogP contribution in [0, 0.1) is 0 Å². The lowest BCUT2D eigenvalue weighted by Crippen LogP contribution is -2.50. The second-order valence-corrected chi connectivity index (χ2v) is 6.95. The van der Waals surface area contributed by atoms with Crippen molar-refractivity contribution < 1.29 is 9.90 Å². The molecule has 27 heavy (non-hydrogen) atoms. The van der Waals surface area contributed by atoms with Gasteiger partial charge in [0.25, 0.3) is 0 Å². The van der Waals surface area contributed by atoms with E-state index in [-0.39, 0.29) is 17.1 Å². The normalized spacial score (nSPS) is 11.8. The van der Waals surface area contributed by atoms with Crippen molar-refractivity contribution in [1.29, 1.82) is 0 Å². The van der Waals surface area contributed by atoms with Crippen LogP contribution in [-0.4, -0.2) is 40.4 Å². The van der Waals surface area contributed by atoms with Crippen LogP contribution >= 0.6 is 0 Å². The van der Waals surface area contributed by atoms with E-state index in [0.29, 0.717) is 23.7 Å². The molecular formula is C23H24N2O2. The van der Waals surface area contributed by atoms with Crippen LogP contribution < -0.4 is 0 Å². The van der Waals surface area contributed by atoms with Crippen molar-refractivity contribution in [2.75, 3.05) is 14.1 Å². The minimum Gasteiger partial charge on any atom is -0.506 e. The Labute approximate surface area is 159 Å².